The molecule has 0 aromatic carbocycles. The second kappa shape index (κ2) is 6.29. The van der Waals surface area contributed by atoms with Crippen molar-refractivity contribution in [2.45, 2.75) is 31.2 Å². The first kappa shape index (κ1) is 15.5. The molecule has 1 aromatic heterocycles. The van der Waals surface area contributed by atoms with E-state index in [9.17, 15) is 4.79 Å². The van der Waals surface area contributed by atoms with Crippen molar-refractivity contribution in [3.8, 4) is 0 Å². The molecule has 110 valence electrons. The van der Waals surface area contributed by atoms with Gasteiger partial charge in [0.1, 0.15) is 5.15 Å². The molecule has 0 radical (unpaired) electrons. The molecule has 1 saturated carbocycles. The van der Waals surface area contributed by atoms with Crippen molar-refractivity contribution in [1.29, 1.82) is 0 Å². The van der Waals surface area contributed by atoms with Crippen LogP contribution < -0.4 is 5.32 Å². The van der Waals surface area contributed by atoms with Gasteiger partial charge in [0.2, 0.25) is 0 Å². The summed E-state index contributed by atoms with van der Waals surface area (Å²) in [6.07, 6.45) is 6.09. The van der Waals surface area contributed by atoms with Crippen LogP contribution in [0.4, 0.5) is 0 Å². The van der Waals surface area contributed by atoms with E-state index < -0.39 is 0 Å². The molecule has 1 amide bonds. The fraction of sp³-hybridized carbons (Fsp3) is 0.571. The van der Waals surface area contributed by atoms with Gasteiger partial charge in [-0.15, -0.1) is 0 Å². The Balaban J connectivity index is 2.02. The first-order valence-corrected chi connectivity index (χ1v) is 7.47. The lowest BCUT2D eigenvalue weighted by atomic mass is 9.96. The fourth-order valence-corrected chi connectivity index (χ4v) is 2.98. The summed E-state index contributed by atoms with van der Waals surface area (Å²) >= 11 is 11.6. The molecule has 0 unspecified atom stereocenters. The van der Waals surface area contributed by atoms with E-state index in [2.05, 4.69) is 29.3 Å². The maximum atomic E-state index is 12.2. The van der Waals surface area contributed by atoms with Gasteiger partial charge in [-0.1, -0.05) is 36.0 Å². The van der Waals surface area contributed by atoms with Crippen LogP contribution >= 0.6 is 23.2 Å². The minimum Gasteiger partial charge on any atom is -0.350 e. The van der Waals surface area contributed by atoms with Gasteiger partial charge in [0.05, 0.1) is 10.6 Å². The average Bonchev–Trinajstić information content (AvgIpc) is 2.89. The number of halogens is 2. The van der Waals surface area contributed by atoms with E-state index in [-0.39, 0.29) is 16.6 Å². The number of nitrogens with one attached hydrogen (secondary N) is 1. The molecule has 0 bridgehead atoms. The Kier molecular flexibility index (Phi) is 4.89. The summed E-state index contributed by atoms with van der Waals surface area (Å²) < 4.78 is 0. The van der Waals surface area contributed by atoms with Crippen LogP contribution in [0.5, 0.6) is 0 Å². The zero-order valence-corrected chi connectivity index (χ0v) is 13.3. The monoisotopic (exact) mass is 315 g/mol. The Morgan fingerprint density at radius 1 is 1.40 bits per heavy atom. The number of rotatable bonds is 4. The molecule has 0 aliphatic heterocycles. The highest BCUT2D eigenvalue weighted by molar-refractivity contribution is 6.41. The number of carbonyl (C=O) groups excluding carboxylic acids is 1. The van der Waals surface area contributed by atoms with Crippen LogP contribution in [0.15, 0.2) is 12.3 Å². The molecular weight excluding hydrogens is 297 g/mol. The molecular formula is C14H19Cl2N3O. The molecule has 20 heavy (non-hydrogen) atoms. The fourth-order valence-electron chi connectivity index (χ4n) is 2.71. The standard InChI is InChI=1S/C14H19Cl2N3O/c1-19(2)14(5-3-4-6-14)9-18-13(20)10-7-11(15)12(16)17-8-10/h7-8H,3-6,9H2,1-2H3,(H,18,20). The minimum absolute atomic E-state index is 0.0688. The lowest BCUT2D eigenvalue weighted by Gasteiger charge is -2.36. The average molecular weight is 316 g/mol. The molecule has 6 heteroatoms. The van der Waals surface area contributed by atoms with E-state index in [1.807, 2.05) is 0 Å². The van der Waals surface area contributed by atoms with E-state index in [1.165, 1.54) is 19.0 Å². The van der Waals surface area contributed by atoms with Gasteiger partial charge in [-0.05, 0) is 33.0 Å². The molecule has 1 aliphatic rings. The van der Waals surface area contributed by atoms with Gasteiger partial charge in [0.25, 0.3) is 5.91 Å². The molecule has 0 atom stereocenters. The van der Waals surface area contributed by atoms with Gasteiger partial charge < -0.3 is 10.2 Å². The number of carbonyl (C=O) groups is 1. The van der Waals surface area contributed by atoms with Gasteiger partial charge in [-0.3, -0.25) is 4.79 Å². The third-order valence-corrected chi connectivity index (χ3v) is 4.81. The summed E-state index contributed by atoms with van der Waals surface area (Å²) in [6, 6.07) is 1.54. The van der Waals surface area contributed by atoms with Crippen molar-refractivity contribution in [3.05, 3.63) is 28.0 Å². The number of likely N-dealkylation sites (N-methyl/N-ethyl adjacent to an activating group) is 1. The van der Waals surface area contributed by atoms with Crippen molar-refractivity contribution in [2.24, 2.45) is 0 Å². The van der Waals surface area contributed by atoms with Crippen LogP contribution in [0.2, 0.25) is 10.2 Å². The normalized spacial score (nSPS) is 17.4. The van der Waals surface area contributed by atoms with Gasteiger partial charge in [0.15, 0.2) is 0 Å². The summed E-state index contributed by atoms with van der Waals surface area (Å²) in [5.74, 6) is -0.163. The maximum absolute atomic E-state index is 12.2. The number of amides is 1. The molecule has 0 saturated heterocycles. The highest BCUT2D eigenvalue weighted by Gasteiger charge is 2.36. The van der Waals surface area contributed by atoms with E-state index in [1.54, 1.807) is 6.07 Å². The van der Waals surface area contributed by atoms with Crippen LogP contribution in [0, 0.1) is 0 Å². The highest BCUT2D eigenvalue weighted by atomic mass is 35.5. The summed E-state index contributed by atoms with van der Waals surface area (Å²) in [5.41, 5.74) is 0.505. The number of pyridine rings is 1. The first-order chi connectivity index (χ1) is 9.44. The van der Waals surface area contributed by atoms with Gasteiger partial charge in [0, 0.05) is 18.3 Å². The summed E-state index contributed by atoms with van der Waals surface area (Å²) in [7, 11) is 4.14. The Hall–Kier alpha value is -0.840. The van der Waals surface area contributed by atoms with E-state index in [4.69, 9.17) is 23.2 Å². The zero-order valence-electron chi connectivity index (χ0n) is 11.7. The van der Waals surface area contributed by atoms with Crippen LogP contribution in [0.1, 0.15) is 36.0 Å². The van der Waals surface area contributed by atoms with Crippen LogP contribution in [0.3, 0.4) is 0 Å². The molecule has 2 rings (SSSR count). The maximum Gasteiger partial charge on any atom is 0.252 e. The zero-order chi connectivity index (χ0) is 14.8. The molecule has 0 spiro atoms. The summed E-state index contributed by atoms with van der Waals surface area (Å²) in [6.45, 7) is 0.638. The first-order valence-electron chi connectivity index (χ1n) is 6.71. The van der Waals surface area contributed by atoms with Crippen molar-refractivity contribution in [1.82, 2.24) is 15.2 Å². The lowest BCUT2D eigenvalue weighted by molar-refractivity contribution is 0.0899. The number of hydrogen-bond donors (Lipinski definition) is 1. The Labute approximate surface area is 129 Å². The molecule has 1 aromatic rings. The largest absolute Gasteiger partial charge is 0.350 e. The number of aromatic nitrogens is 1. The summed E-state index contributed by atoms with van der Waals surface area (Å²) in [4.78, 5) is 18.3. The molecule has 1 fully saturated rings. The van der Waals surface area contributed by atoms with Crippen LogP contribution in [0.25, 0.3) is 0 Å². The van der Waals surface area contributed by atoms with Gasteiger partial charge in [-0.2, -0.15) is 0 Å². The molecule has 1 aliphatic carbocycles. The van der Waals surface area contributed by atoms with Gasteiger partial charge in [-0.25, -0.2) is 4.98 Å². The second-order valence-corrected chi connectivity index (χ2v) is 6.27. The molecule has 1 N–H and O–H groups in total. The quantitative estimate of drug-likeness (QED) is 0.869. The Morgan fingerprint density at radius 3 is 2.60 bits per heavy atom. The van der Waals surface area contributed by atoms with Gasteiger partial charge >= 0.3 is 0 Å². The summed E-state index contributed by atoms with van der Waals surface area (Å²) in [5, 5.41) is 3.49. The van der Waals surface area contributed by atoms with Crippen molar-refractivity contribution in [2.75, 3.05) is 20.6 Å². The SMILES string of the molecule is CN(C)C1(CNC(=O)c2cnc(Cl)c(Cl)c2)CCCC1. The van der Waals surface area contributed by atoms with E-state index >= 15 is 0 Å². The Bertz CT molecular complexity index is 499. The van der Waals surface area contributed by atoms with Crippen molar-refractivity contribution >= 4 is 29.1 Å². The smallest absolute Gasteiger partial charge is 0.252 e. The minimum atomic E-state index is -0.163. The Morgan fingerprint density at radius 2 is 2.05 bits per heavy atom. The predicted molar refractivity (Wildman–Crippen MR) is 81.5 cm³/mol. The van der Waals surface area contributed by atoms with Crippen molar-refractivity contribution in [3.63, 3.8) is 0 Å². The third kappa shape index (κ3) is 3.25. The van der Waals surface area contributed by atoms with Crippen molar-refractivity contribution < 1.29 is 4.79 Å². The number of hydrogen-bond acceptors (Lipinski definition) is 3. The topological polar surface area (TPSA) is 45.2 Å². The third-order valence-electron chi connectivity index (χ3n) is 4.12. The lowest BCUT2D eigenvalue weighted by Crippen LogP contribution is -2.50. The molecule has 4 nitrogen and oxygen atoms in total. The number of nitrogens with zero attached hydrogens (tertiary/aromatic N) is 2. The predicted octanol–water partition coefficient (Wildman–Crippen LogP) is 2.99. The van der Waals surface area contributed by atoms with E-state index in [0.717, 1.165) is 12.8 Å². The van der Waals surface area contributed by atoms with E-state index in [0.29, 0.717) is 17.1 Å². The molecule has 1 heterocycles. The second-order valence-electron chi connectivity index (χ2n) is 5.51. The van der Waals surface area contributed by atoms with Crippen LogP contribution in [-0.2, 0) is 0 Å². The van der Waals surface area contributed by atoms with Crippen LogP contribution in [-0.4, -0.2) is 42.0 Å². The highest BCUT2D eigenvalue weighted by Crippen LogP contribution is 2.33.